The number of rotatable bonds is 2. The van der Waals surface area contributed by atoms with Gasteiger partial charge < -0.3 is 19.3 Å². The summed E-state index contributed by atoms with van der Waals surface area (Å²) in [5.41, 5.74) is 1.67. The summed E-state index contributed by atoms with van der Waals surface area (Å²) in [5.74, 6) is 1.32. The fourth-order valence-corrected chi connectivity index (χ4v) is 2.95. The minimum atomic E-state index is 0.487. The quantitative estimate of drug-likeness (QED) is 0.798. The second-order valence-corrected chi connectivity index (χ2v) is 5.56. The van der Waals surface area contributed by atoms with Gasteiger partial charge in [0.2, 0.25) is 0 Å². The average molecular weight is 313 g/mol. The van der Waals surface area contributed by atoms with E-state index in [9.17, 15) is 10.5 Å². The summed E-state index contributed by atoms with van der Waals surface area (Å²) >= 11 is 0. The van der Waals surface area contributed by atoms with Gasteiger partial charge in [-0.25, -0.2) is 4.98 Å². The Balaban J connectivity index is 2.09. The molecule has 0 saturated carbocycles. The predicted octanol–water partition coefficient (Wildman–Crippen LogP) is 0.807. The second-order valence-electron chi connectivity index (χ2n) is 5.56. The topological polar surface area (TPSA) is 85.4 Å². The maximum Gasteiger partial charge on any atom is 0.149 e. The molecule has 3 heterocycles. The number of morpholine rings is 2. The molecule has 1 aromatic heterocycles. The molecule has 0 radical (unpaired) electrons. The van der Waals surface area contributed by atoms with E-state index < -0.39 is 0 Å². The van der Waals surface area contributed by atoms with Gasteiger partial charge in [-0.05, 0) is 12.5 Å². The van der Waals surface area contributed by atoms with Crippen molar-refractivity contribution in [2.75, 3.05) is 62.4 Å². The van der Waals surface area contributed by atoms with Crippen LogP contribution in [-0.2, 0) is 9.47 Å². The normalized spacial score (nSPS) is 18.4. The summed E-state index contributed by atoms with van der Waals surface area (Å²) in [6.45, 7) is 7.14. The Hall–Kier alpha value is -2.35. The van der Waals surface area contributed by atoms with Gasteiger partial charge in [0.15, 0.2) is 0 Å². The zero-order valence-electron chi connectivity index (χ0n) is 13.2. The van der Waals surface area contributed by atoms with E-state index in [-0.39, 0.29) is 0 Å². The summed E-state index contributed by atoms with van der Waals surface area (Å²) in [5, 5.41) is 19.1. The Kier molecular flexibility index (Phi) is 4.61. The number of ether oxygens (including phenoxy) is 2. The molecule has 2 aliphatic heterocycles. The lowest BCUT2D eigenvalue weighted by Gasteiger charge is -2.33. The van der Waals surface area contributed by atoms with Crippen molar-refractivity contribution >= 4 is 11.6 Å². The fourth-order valence-electron chi connectivity index (χ4n) is 2.95. The van der Waals surface area contributed by atoms with E-state index in [0.29, 0.717) is 80.9 Å². The molecular formula is C16H19N5O2. The minimum absolute atomic E-state index is 0.487. The van der Waals surface area contributed by atoms with Gasteiger partial charge in [-0.1, -0.05) is 0 Å². The number of anilines is 2. The minimum Gasteiger partial charge on any atom is -0.378 e. The Bertz CT molecular complexity index is 610. The third-order valence-corrected chi connectivity index (χ3v) is 4.25. The van der Waals surface area contributed by atoms with E-state index in [1.807, 2.05) is 6.92 Å². The van der Waals surface area contributed by atoms with Crippen LogP contribution < -0.4 is 9.80 Å². The van der Waals surface area contributed by atoms with Crippen molar-refractivity contribution in [2.45, 2.75) is 6.92 Å². The number of nitriles is 2. The summed E-state index contributed by atoms with van der Waals surface area (Å²) in [4.78, 5) is 8.86. The van der Waals surface area contributed by atoms with Crippen LogP contribution in [0.15, 0.2) is 0 Å². The third kappa shape index (κ3) is 2.94. The van der Waals surface area contributed by atoms with E-state index in [1.54, 1.807) is 0 Å². The van der Waals surface area contributed by atoms with Crippen LogP contribution in [0, 0.1) is 29.6 Å². The Labute approximate surface area is 135 Å². The van der Waals surface area contributed by atoms with Gasteiger partial charge in [0.25, 0.3) is 0 Å². The molecule has 0 unspecified atom stereocenters. The lowest BCUT2D eigenvalue weighted by molar-refractivity contribution is 0.121. The monoisotopic (exact) mass is 313 g/mol. The van der Waals surface area contributed by atoms with Crippen molar-refractivity contribution in [2.24, 2.45) is 0 Å². The summed E-state index contributed by atoms with van der Waals surface area (Å²) in [6.07, 6.45) is 0. The molecule has 120 valence electrons. The van der Waals surface area contributed by atoms with Gasteiger partial charge in [0, 0.05) is 26.2 Å². The third-order valence-electron chi connectivity index (χ3n) is 4.25. The SMILES string of the molecule is Cc1c(C#N)c(N2CCOCC2)nc(N2CCOCC2)c1C#N. The predicted molar refractivity (Wildman–Crippen MR) is 84.5 cm³/mol. The highest BCUT2D eigenvalue weighted by molar-refractivity contribution is 5.70. The molecule has 7 nitrogen and oxygen atoms in total. The fraction of sp³-hybridized carbons (Fsp3) is 0.562. The van der Waals surface area contributed by atoms with Crippen LogP contribution in [0.4, 0.5) is 11.6 Å². The van der Waals surface area contributed by atoms with Gasteiger partial charge in [0.05, 0.1) is 37.6 Å². The molecule has 3 rings (SSSR count). The standard InChI is InChI=1S/C16H19N5O2/c1-12-13(10-17)15(20-2-6-22-7-3-20)19-16(14(12)11-18)21-4-8-23-9-5-21/h2-9H2,1H3. The highest BCUT2D eigenvalue weighted by atomic mass is 16.5. The van der Waals surface area contributed by atoms with E-state index >= 15 is 0 Å². The summed E-state index contributed by atoms with van der Waals surface area (Å²) < 4.78 is 10.8. The van der Waals surface area contributed by atoms with E-state index in [0.717, 1.165) is 0 Å². The number of aromatic nitrogens is 1. The van der Waals surface area contributed by atoms with Gasteiger partial charge in [-0.3, -0.25) is 0 Å². The van der Waals surface area contributed by atoms with Crippen molar-refractivity contribution in [1.82, 2.24) is 4.98 Å². The second kappa shape index (κ2) is 6.82. The molecule has 0 amide bonds. The number of hydrogen-bond donors (Lipinski definition) is 0. The zero-order valence-corrected chi connectivity index (χ0v) is 13.2. The summed E-state index contributed by atoms with van der Waals surface area (Å²) in [7, 11) is 0. The largest absolute Gasteiger partial charge is 0.378 e. The van der Waals surface area contributed by atoms with E-state index in [1.165, 1.54) is 0 Å². The van der Waals surface area contributed by atoms with Crippen molar-refractivity contribution < 1.29 is 9.47 Å². The molecule has 0 atom stereocenters. The zero-order chi connectivity index (χ0) is 16.2. The smallest absolute Gasteiger partial charge is 0.149 e. The maximum atomic E-state index is 9.56. The molecule has 0 aliphatic carbocycles. The van der Waals surface area contributed by atoms with Crippen molar-refractivity contribution in [3.05, 3.63) is 16.7 Å². The first kappa shape index (κ1) is 15.5. The van der Waals surface area contributed by atoms with Crippen molar-refractivity contribution in [1.29, 1.82) is 10.5 Å². The van der Waals surface area contributed by atoms with Gasteiger partial charge in [0.1, 0.15) is 23.8 Å². The van der Waals surface area contributed by atoms with Crippen LogP contribution in [0.2, 0.25) is 0 Å². The van der Waals surface area contributed by atoms with Gasteiger partial charge in [-0.2, -0.15) is 10.5 Å². The van der Waals surface area contributed by atoms with Crippen LogP contribution >= 0.6 is 0 Å². The van der Waals surface area contributed by atoms with E-state index in [2.05, 4.69) is 21.9 Å². The Morgan fingerprint density at radius 1 is 0.826 bits per heavy atom. The molecule has 0 bridgehead atoms. The first-order chi connectivity index (χ1) is 11.3. The number of pyridine rings is 1. The van der Waals surface area contributed by atoms with Crippen molar-refractivity contribution in [3.63, 3.8) is 0 Å². The molecule has 7 heteroatoms. The highest BCUT2D eigenvalue weighted by Crippen LogP contribution is 2.31. The van der Waals surface area contributed by atoms with Crippen molar-refractivity contribution in [3.8, 4) is 12.1 Å². The van der Waals surface area contributed by atoms with Gasteiger partial charge >= 0.3 is 0 Å². The first-order valence-electron chi connectivity index (χ1n) is 7.76. The maximum absolute atomic E-state index is 9.56. The molecule has 23 heavy (non-hydrogen) atoms. The molecule has 2 aliphatic rings. The Morgan fingerprint density at radius 2 is 1.22 bits per heavy atom. The average Bonchev–Trinajstić information content (AvgIpc) is 2.62. The van der Waals surface area contributed by atoms with Gasteiger partial charge in [-0.15, -0.1) is 0 Å². The van der Waals surface area contributed by atoms with Crippen LogP contribution in [0.1, 0.15) is 16.7 Å². The molecule has 0 N–H and O–H groups in total. The highest BCUT2D eigenvalue weighted by Gasteiger charge is 2.25. The molecule has 0 spiro atoms. The molecule has 2 saturated heterocycles. The molecule has 0 aromatic carbocycles. The molecular weight excluding hydrogens is 294 g/mol. The number of nitrogens with zero attached hydrogens (tertiary/aromatic N) is 5. The molecule has 1 aromatic rings. The number of hydrogen-bond acceptors (Lipinski definition) is 7. The Morgan fingerprint density at radius 3 is 1.57 bits per heavy atom. The van der Waals surface area contributed by atoms with E-state index in [4.69, 9.17) is 14.5 Å². The van der Waals surface area contributed by atoms with Crippen LogP contribution in [0.3, 0.4) is 0 Å². The lowest BCUT2D eigenvalue weighted by atomic mass is 10.0. The molecule has 2 fully saturated rings. The van der Waals surface area contributed by atoms with Crippen LogP contribution in [0.5, 0.6) is 0 Å². The lowest BCUT2D eigenvalue weighted by Crippen LogP contribution is -2.40. The first-order valence-corrected chi connectivity index (χ1v) is 7.76. The van der Waals surface area contributed by atoms with Crippen LogP contribution in [-0.4, -0.2) is 57.6 Å². The summed E-state index contributed by atoms with van der Waals surface area (Å²) in [6, 6.07) is 4.45. The van der Waals surface area contributed by atoms with Crippen LogP contribution in [0.25, 0.3) is 0 Å².